The number of amides is 4. The number of alkyl halides is 4. The lowest BCUT2D eigenvalue weighted by Crippen LogP contribution is -2.55. The van der Waals surface area contributed by atoms with Gasteiger partial charge in [-0.05, 0) is 43.4 Å². The van der Waals surface area contributed by atoms with Gasteiger partial charge in [0.05, 0.1) is 6.04 Å². The second kappa shape index (κ2) is 14.7. The lowest BCUT2D eigenvalue weighted by atomic mass is 9.95. The minimum atomic E-state index is -3.86. The summed E-state index contributed by atoms with van der Waals surface area (Å²) in [7, 11) is 0. The van der Waals surface area contributed by atoms with Crippen molar-refractivity contribution in [3.05, 3.63) is 70.7 Å². The number of carbonyl (C=O) groups is 5. The summed E-state index contributed by atoms with van der Waals surface area (Å²) in [6.07, 6.45) is -7.02. The Balaban J connectivity index is 1.53. The van der Waals surface area contributed by atoms with Crippen LogP contribution < -0.4 is 21.3 Å². The third kappa shape index (κ3) is 9.16. The van der Waals surface area contributed by atoms with E-state index < -0.39 is 78.0 Å². The van der Waals surface area contributed by atoms with Crippen LogP contribution in [0.5, 0.6) is 0 Å². The number of hydrogen-bond acceptors (Lipinski definition) is 6. The summed E-state index contributed by atoms with van der Waals surface area (Å²) in [6.45, 7) is 0.302. The van der Waals surface area contributed by atoms with Crippen LogP contribution in [0.2, 0.25) is 5.02 Å². The Kier molecular flexibility index (Phi) is 11.0. The van der Waals surface area contributed by atoms with Crippen LogP contribution in [0.1, 0.15) is 49.3 Å². The third-order valence-electron chi connectivity index (χ3n) is 7.34. The molecule has 4 atom stereocenters. The first-order valence-corrected chi connectivity index (χ1v) is 14.6. The van der Waals surface area contributed by atoms with Crippen molar-refractivity contribution in [1.82, 2.24) is 21.3 Å². The van der Waals surface area contributed by atoms with Gasteiger partial charge in [-0.2, -0.15) is 8.78 Å². The first-order valence-electron chi connectivity index (χ1n) is 14.2. The standard InChI is InChI=1S/C30H31ClF4N4O6/c31-19-8-4-7-18(14-19)30(34,35)25(16-5-2-1-3-6-16)45-29(44)39-22(15-23(32)33)27(42)38-21(13-17-11-12-36-26(17)41)24(40)28(43)37-20-9-10-20/h1-8,14,17,20-23,25H,9-13,15H2,(H,36,41)(H,37,43)(H,38,42)(H,39,44)/t17-,21-,22-,25?/m0/s1. The molecule has 1 aliphatic heterocycles. The highest BCUT2D eigenvalue weighted by atomic mass is 35.5. The van der Waals surface area contributed by atoms with Crippen molar-refractivity contribution < 1.29 is 46.3 Å². The van der Waals surface area contributed by atoms with Crippen molar-refractivity contribution in [1.29, 1.82) is 0 Å². The molecule has 2 fully saturated rings. The fraction of sp³-hybridized carbons (Fsp3) is 0.433. The Morgan fingerprint density at radius 2 is 1.69 bits per heavy atom. The number of benzene rings is 2. The molecule has 10 nitrogen and oxygen atoms in total. The van der Waals surface area contributed by atoms with Crippen LogP contribution in [0.3, 0.4) is 0 Å². The van der Waals surface area contributed by atoms with Crippen molar-refractivity contribution in [2.75, 3.05) is 6.54 Å². The van der Waals surface area contributed by atoms with Crippen LogP contribution in [0, 0.1) is 5.92 Å². The number of ketones is 1. The summed E-state index contributed by atoms with van der Waals surface area (Å²) >= 11 is 5.89. The number of ether oxygens (including phenoxy) is 1. The van der Waals surface area contributed by atoms with Crippen molar-refractivity contribution >= 4 is 41.2 Å². The number of rotatable bonds is 14. The highest BCUT2D eigenvalue weighted by Crippen LogP contribution is 2.43. The molecule has 4 rings (SSSR count). The van der Waals surface area contributed by atoms with Gasteiger partial charge < -0.3 is 26.0 Å². The molecule has 4 amide bonds. The predicted octanol–water partition coefficient (Wildman–Crippen LogP) is 3.78. The normalized spacial score (nSPS) is 18.4. The molecule has 0 radical (unpaired) electrons. The lowest BCUT2D eigenvalue weighted by molar-refractivity contribution is -0.141. The summed E-state index contributed by atoms with van der Waals surface area (Å²) in [4.78, 5) is 63.7. The second-order valence-corrected chi connectivity index (χ2v) is 11.3. The number of Topliss-reactive ketones (excluding diaryl/α,β-unsaturated/α-hetero) is 1. The van der Waals surface area contributed by atoms with Gasteiger partial charge in [-0.25, -0.2) is 13.6 Å². The average Bonchev–Trinajstić information content (AvgIpc) is 3.73. The highest BCUT2D eigenvalue weighted by molar-refractivity contribution is 6.38. The third-order valence-corrected chi connectivity index (χ3v) is 7.58. The van der Waals surface area contributed by atoms with E-state index in [4.69, 9.17) is 16.3 Å². The molecule has 45 heavy (non-hydrogen) atoms. The molecule has 2 aliphatic rings. The van der Waals surface area contributed by atoms with E-state index in [0.717, 1.165) is 12.1 Å². The molecule has 1 aliphatic carbocycles. The van der Waals surface area contributed by atoms with Gasteiger partial charge in [-0.1, -0.05) is 54.1 Å². The smallest absolute Gasteiger partial charge is 0.408 e. The molecule has 2 aromatic carbocycles. The summed E-state index contributed by atoms with van der Waals surface area (Å²) in [5, 5.41) is 9.13. The van der Waals surface area contributed by atoms with Crippen molar-refractivity contribution in [2.24, 2.45) is 5.92 Å². The van der Waals surface area contributed by atoms with Crippen LogP contribution >= 0.6 is 11.6 Å². The van der Waals surface area contributed by atoms with Crippen LogP contribution in [0.15, 0.2) is 54.6 Å². The molecule has 1 saturated heterocycles. The zero-order valence-electron chi connectivity index (χ0n) is 23.7. The predicted molar refractivity (Wildman–Crippen MR) is 152 cm³/mol. The second-order valence-electron chi connectivity index (χ2n) is 10.8. The molecule has 0 spiro atoms. The quantitative estimate of drug-likeness (QED) is 0.180. The first-order chi connectivity index (χ1) is 21.3. The monoisotopic (exact) mass is 654 g/mol. The maximum Gasteiger partial charge on any atom is 0.408 e. The fourth-order valence-electron chi connectivity index (χ4n) is 4.82. The van der Waals surface area contributed by atoms with Crippen LogP contribution in [0.4, 0.5) is 22.4 Å². The maximum atomic E-state index is 15.7. The zero-order valence-corrected chi connectivity index (χ0v) is 24.5. The average molecular weight is 655 g/mol. The molecule has 2 aromatic rings. The van der Waals surface area contributed by atoms with E-state index in [1.165, 1.54) is 36.4 Å². The van der Waals surface area contributed by atoms with Gasteiger partial charge in [0.1, 0.15) is 6.04 Å². The van der Waals surface area contributed by atoms with E-state index in [1.54, 1.807) is 6.07 Å². The van der Waals surface area contributed by atoms with Gasteiger partial charge in [0.25, 0.3) is 5.91 Å². The fourth-order valence-corrected chi connectivity index (χ4v) is 5.01. The Bertz CT molecular complexity index is 1410. The Labute approximate surface area is 260 Å². The molecular formula is C30H31ClF4N4O6. The summed E-state index contributed by atoms with van der Waals surface area (Å²) in [5.74, 6) is -8.45. The molecular weight excluding hydrogens is 624 g/mol. The van der Waals surface area contributed by atoms with Gasteiger partial charge >= 0.3 is 12.0 Å². The van der Waals surface area contributed by atoms with E-state index in [1.807, 2.05) is 5.32 Å². The lowest BCUT2D eigenvalue weighted by Gasteiger charge is -2.29. The van der Waals surface area contributed by atoms with Gasteiger partial charge in [0.2, 0.25) is 24.0 Å². The molecule has 0 aromatic heterocycles. The summed E-state index contributed by atoms with van der Waals surface area (Å²) < 4.78 is 63.6. The molecule has 1 heterocycles. The minimum absolute atomic E-state index is 0.0119. The number of nitrogens with one attached hydrogen (secondary N) is 4. The van der Waals surface area contributed by atoms with E-state index in [9.17, 15) is 32.8 Å². The molecule has 1 saturated carbocycles. The van der Waals surface area contributed by atoms with Crippen molar-refractivity contribution in [3.63, 3.8) is 0 Å². The maximum absolute atomic E-state index is 15.7. The number of hydrogen-bond donors (Lipinski definition) is 4. The van der Waals surface area contributed by atoms with E-state index in [0.29, 0.717) is 25.8 Å². The Hall–Kier alpha value is -4.20. The SMILES string of the molecule is O=C(N[C@@H](CC(F)F)C(=O)N[C@@H](C[C@@H]1CCNC1=O)C(=O)C(=O)NC1CC1)OC(c1ccccc1)C(F)(F)c1cccc(Cl)c1. The highest BCUT2D eigenvalue weighted by Gasteiger charge is 2.46. The molecule has 0 bridgehead atoms. The molecule has 242 valence electrons. The molecule has 15 heteroatoms. The zero-order chi connectivity index (χ0) is 32.7. The van der Waals surface area contributed by atoms with Crippen LogP contribution in [0.25, 0.3) is 0 Å². The van der Waals surface area contributed by atoms with E-state index in [-0.39, 0.29) is 23.0 Å². The first kappa shape index (κ1) is 33.7. The Morgan fingerprint density at radius 1 is 0.978 bits per heavy atom. The minimum Gasteiger partial charge on any atom is -0.434 e. The molecule has 4 N–H and O–H groups in total. The van der Waals surface area contributed by atoms with Crippen molar-refractivity contribution in [3.8, 4) is 0 Å². The van der Waals surface area contributed by atoms with Crippen LogP contribution in [-0.4, -0.2) is 60.7 Å². The summed E-state index contributed by atoms with van der Waals surface area (Å²) in [6, 6.07) is 7.74. The number of halogens is 5. The Morgan fingerprint density at radius 3 is 2.29 bits per heavy atom. The van der Waals surface area contributed by atoms with Gasteiger partial charge in [-0.15, -0.1) is 0 Å². The largest absolute Gasteiger partial charge is 0.434 e. The van der Waals surface area contributed by atoms with E-state index in [2.05, 4.69) is 16.0 Å². The van der Waals surface area contributed by atoms with Gasteiger partial charge in [0.15, 0.2) is 6.10 Å². The van der Waals surface area contributed by atoms with Crippen molar-refractivity contribution in [2.45, 2.75) is 68.7 Å². The number of carbonyl (C=O) groups excluding carboxylic acids is 5. The topological polar surface area (TPSA) is 143 Å². The molecule has 1 unspecified atom stereocenters. The van der Waals surface area contributed by atoms with Gasteiger partial charge in [-0.3, -0.25) is 19.2 Å². The summed E-state index contributed by atoms with van der Waals surface area (Å²) in [5.41, 5.74) is -0.741. The number of alkyl carbamates (subject to hydrolysis) is 1. The van der Waals surface area contributed by atoms with Gasteiger partial charge in [0, 0.05) is 35.5 Å². The van der Waals surface area contributed by atoms with Crippen LogP contribution in [-0.2, 0) is 29.8 Å². The van der Waals surface area contributed by atoms with E-state index >= 15 is 8.78 Å².